The van der Waals surface area contributed by atoms with Crippen molar-refractivity contribution in [3.63, 3.8) is 0 Å². The Labute approximate surface area is 120 Å². The van der Waals surface area contributed by atoms with Gasteiger partial charge in [-0.25, -0.2) is 4.39 Å². The predicted molar refractivity (Wildman–Crippen MR) is 81.9 cm³/mol. The highest BCUT2D eigenvalue weighted by atomic mass is 19.1. The number of nitrogens with two attached hydrogens (primary N) is 1. The Morgan fingerprint density at radius 3 is 2.50 bits per heavy atom. The lowest BCUT2D eigenvalue weighted by molar-refractivity contribution is 0.321. The van der Waals surface area contributed by atoms with Crippen molar-refractivity contribution >= 4 is 5.69 Å². The molecule has 2 aromatic carbocycles. The van der Waals surface area contributed by atoms with Gasteiger partial charge in [0.15, 0.2) is 0 Å². The van der Waals surface area contributed by atoms with E-state index in [9.17, 15) is 4.39 Å². The zero-order chi connectivity index (χ0) is 14.4. The lowest BCUT2D eigenvalue weighted by Gasteiger charge is -2.16. The number of hydrogen-bond donors (Lipinski definition) is 1. The van der Waals surface area contributed by atoms with Crippen molar-refractivity contribution in [3.05, 3.63) is 65.5 Å². The van der Waals surface area contributed by atoms with Crippen molar-refractivity contribution < 1.29 is 4.39 Å². The van der Waals surface area contributed by atoms with Crippen LogP contribution >= 0.6 is 0 Å². The molecule has 0 bridgehead atoms. The van der Waals surface area contributed by atoms with E-state index in [-0.39, 0.29) is 5.82 Å². The van der Waals surface area contributed by atoms with E-state index in [1.54, 1.807) is 12.1 Å². The third-order valence-electron chi connectivity index (χ3n) is 3.33. The molecule has 0 fully saturated rings. The SMILES string of the molecule is CN(CCCc1ccc(N)cc1)Cc1cccc(F)c1. The Hall–Kier alpha value is -1.87. The lowest BCUT2D eigenvalue weighted by Crippen LogP contribution is -2.19. The fourth-order valence-electron chi connectivity index (χ4n) is 2.26. The van der Waals surface area contributed by atoms with Gasteiger partial charge in [0.2, 0.25) is 0 Å². The molecule has 0 aliphatic rings. The summed E-state index contributed by atoms with van der Waals surface area (Å²) in [5, 5.41) is 0. The van der Waals surface area contributed by atoms with Crippen molar-refractivity contribution in [3.8, 4) is 0 Å². The van der Waals surface area contributed by atoms with Crippen LogP contribution in [0.4, 0.5) is 10.1 Å². The third-order valence-corrected chi connectivity index (χ3v) is 3.33. The Morgan fingerprint density at radius 2 is 1.80 bits per heavy atom. The highest BCUT2D eigenvalue weighted by Gasteiger charge is 2.02. The van der Waals surface area contributed by atoms with E-state index >= 15 is 0 Å². The summed E-state index contributed by atoms with van der Waals surface area (Å²) in [5.41, 5.74) is 8.78. The lowest BCUT2D eigenvalue weighted by atomic mass is 10.1. The Morgan fingerprint density at radius 1 is 1.05 bits per heavy atom. The zero-order valence-corrected chi connectivity index (χ0v) is 11.8. The second kappa shape index (κ2) is 7.06. The van der Waals surface area contributed by atoms with E-state index in [4.69, 9.17) is 5.73 Å². The second-order valence-electron chi connectivity index (χ2n) is 5.21. The summed E-state index contributed by atoms with van der Waals surface area (Å²) in [7, 11) is 2.06. The number of anilines is 1. The topological polar surface area (TPSA) is 29.3 Å². The number of benzene rings is 2. The molecule has 0 saturated carbocycles. The molecule has 2 aromatic rings. The summed E-state index contributed by atoms with van der Waals surface area (Å²) in [4.78, 5) is 2.21. The van der Waals surface area contributed by atoms with Crippen LogP contribution in [0.1, 0.15) is 17.5 Å². The standard InChI is InChI=1S/C17H21FN2/c1-20(13-15-4-2-6-16(18)12-15)11-3-5-14-7-9-17(19)10-8-14/h2,4,6-10,12H,3,5,11,13,19H2,1H3. The van der Waals surface area contributed by atoms with Gasteiger partial charge in [-0.1, -0.05) is 24.3 Å². The Bertz CT molecular complexity index is 537. The molecule has 2 rings (SSSR count). The first-order chi connectivity index (χ1) is 9.63. The van der Waals surface area contributed by atoms with E-state index < -0.39 is 0 Å². The van der Waals surface area contributed by atoms with Crippen LogP contribution in [0.3, 0.4) is 0 Å². The Balaban J connectivity index is 1.75. The molecular weight excluding hydrogens is 251 g/mol. The highest BCUT2D eigenvalue weighted by Crippen LogP contribution is 2.10. The van der Waals surface area contributed by atoms with Gasteiger partial charge in [0.05, 0.1) is 0 Å². The Kier molecular flexibility index (Phi) is 5.13. The minimum atomic E-state index is -0.169. The largest absolute Gasteiger partial charge is 0.399 e. The number of hydrogen-bond acceptors (Lipinski definition) is 2. The van der Waals surface area contributed by atoms with Crippen LogP contribution in [-0.2, 0) is 13.0 Å². The maximum atomic E-state index is 13.1. The van der Waals surface area contributed by atoms with Crippen molar-refractivity contribution in [2.75, 3.05) is 19.3 Å². The first-order valence-corrected chi connectivity index (χ1v) is 6.91. The summed E-state index contributed by atoms with van der Waals surface area (Å²) in [5.74, 6) is -0.169. The van der Waals surface area contributed by atoms with Gasteiger partial charge in [-0.2, -0.15) is 0 Å². The molecule has 0 atom stereocenters. The van der Waals surface area contributed by atoms with Gasteiger partial charge >= 0.3 is 0 Å². The number of nitrogen functional groups attached to an aromatic ring is 1. The first kappa shape index (κ1) is 14.5. The number of rotatable bonds is 6. The average molecular weight is 272 g/mol. The molecule has 20 heavy (non-hydrogen) atoms. The van der Waals surface area contributed by atoms with Gasteiger partial charge in [0.1, 0.15) is 5.82 Å². The van der Waals surface area contributed by atoms with E-state index in [0.29, 0.717) is 0 Å². The number of halogens is 1. The van der Waals surface area contributed by atoms with Gasteiger partial charge in [0, 0.05) is 12.2 Å². The molecule has 3 heteroatoms. The van der Waals surface area contributed by atoms with Crippen molar-refractivity contribution in [2.24, 2.45) is 0 Å². The van der Waals surface area contributed by atoms with Crippen molar-refractivity contribution in [2.45, 2.75) is 19.4 Å². The average Bonchev–Trinajstić information content (AvgIpc) is 2.41. The molecule has 0 amide bonds. The van der Waals surface area contributed by atoms with Gasteiger partial charge < -0.3 is 10.6 Å². The molecule has 2 nitrogen and oxygen atoms in total. The zero-order valence-electron chi connectivity index (χ0n) is 11.8. The summed E-state index contributed by atoms with van der Waals surface area (Å²) in [6.07, 6.45) is 2.11. The fraction of sp³-hybridized carbons (Fsp3) is 0.294. The van der Waals surface area contributed by atoms with Crippen molar-refractivity contribution in [1.82, 2.24) is 4.90 Å². The van der Waals surface area contributed by atoms with Crippen LogP contribution in [0, 0.1) is 5.82 Å². The molecule has 0 saturated heterocycles. The molecular formula is C17H21FN2. The minimum Gasteiger partial charge on any atom is -0.399 e. The molecule has 106 valence electrons. The minimum absolute atomic E-state index is 0.169. The molecule has 0 radical (unpaired) electrons. The molecule has 0 aliphatic carbocycles. The normalized spacial score (nSPS) is 10.9. The number of aryl methyl sites for hydroxylation is 1. The van der Waals surface area contributed by atoms with Gasteiger partial charge in [-0.15, -0.1) is 0 Å². The van der Waals surface area contributed by atoms with Crippen LogP contribution in [0.25, 0.3) is 0 Å². The van der Waals surface area contributed by atoms with Gasteiger partial charge in [-0.3, -0.25) is 0 Å². The fourth-order valence-corrected chi connectivity index (χ4v) is 2.26. The first-order valence-electron chi connectivity index (χ1n) is 6.91. The maximum absolute atomic E-state index is 13.1. The molecule has 2 N–H and O–H groups in total. The molecule has 0 aromatic heterocycles. The van der Waals surface area contributed by atoms with Crippen LogP contribution in [0.5, 0.6) is 0 Å². The predicted octanol–water partition coefficient (Wildman–Crippen LogP) is 3.47. The van der Waals surface area contributed by atoms with Crippen molar-refractivity contribution in [1.29, 1.82) is 0 Å². The third kappa shape index (κ3) is 4.67. The monoisotopic (exact) mass is 272 g/mol. The summed E-state index contributed by atoms with van der Waals surface area (Å²) < 4.78 is 13.1. The molecule has 0 aliphatic heterocycles. The van der Waals surface area contributed by atoms with Crippen LogP contribution in [-0.4, -0.2) is 18.5 Å². The van der Waals surface area contributed by atoms with Crippen LogP contribution in [0.2, 0.25) is 0 Å². The molecule has 0 unspecified atom stereocenters. The van der Waals surface area contributed by atoms with E-state index in [0.717, 1.165) is 37.2 Å². The van der Waals surface area contributed by atoms with Gasteiger partial charge in [0.25, 0.3) is 0 Å². The summed E-state index contributed by atoms with van der Waals surface area (Å²) >= 11 is 0. The smallest absolute Gasteiger partial charge is 0.123 e. The van der Waals surface area contributed by atoms with Gasteiger partial charge in [-0.05, 0) is 61.8 Å². The van der Waals surface area contributed by atoms with E-state index in [2.05, 4.69) is 24.1 Å². The summed E-state index contributed by atoms with van der Waals surface area (Å²) in [6.45, 7) is 1.76. The van der Waals surface area contributed by atoms with Crippen LogP contribution < -0.4 is 5.73 Å². The maximum Gasteiger partial charge on any atom is 0.123 e. The summed E-state index contributed by atoms with van der Waals surface area (Å²) in [6, 6.07) is 14.8. The van der Waals surface area contributed by atoms with Crippen LogP contribution in [0.15, 0.2) is 48.5 Å². The second-order valence-corrected chi connectivity index (χ2v) is 5.21. The number of nitrogens with zero attached hydrogens (tertiary/aromatic N) is 1. The molecule has 0 spiro atoms. The quantitative estimate of drug-likeness (QED) is 0.816. The van der Waals surface area contributed by atoms with E-state index in [1.165, 1.54) is 11.6 Å². The highest BCUT2D eigenvalue weighted by molar-refractivity contribution is 5.39. The molecule has 0 heterocycles. The van der Waals surface area contributed by atoms with E-state index in [1.807, 2.05) is 18.2 Å².